The molecule has 0 aliphatic carbocycles. The Balaban J connectivity index is 2.70. The molecule has 6 heteroatoms. The van der Waals surface area contributed by atoms with Crippen molar-refractivity contribution in [1.82, 2.24) is 5.32 Å². The second-order valence-corrected chi connectivity index (χ2v) is 3.16. The summed E-state index contributed by atoms with van der Waals surface area (Å²) in [6.07, 6.45) is -3.77. The molecular formula is C6H11NO4S. The second-order valence-electron chi connectivity index (χ2n) is 2.72. The van der Waals surface area contributed by atoms with Crippen molar-refractivity contribution >= 4 is 17.2 Å². The fourth-order valence-electron chi connectivity index (χ4n) is 1.09. The van der Waals surface area contributed by atoms with Gasteiger partial charge >= 0.3 is 0 Å². The van der Waals surface area contributed by atoms with Crippen LogP contribution in [0.2, 0.25) is 0 Å². The summed E-state index contributed by atoms with van der Waals surface area (Å²) >= 11 is 4.66. The summed E-state index contributed by atoms with van der Waals surface area (Å²) in [7, 11) is 0. The Hall–Kier alpha value is -0.270. The summed E-state index contributed by atoms with van der Waals surface area (Å²) in [6, 6.07) is -0.698. The van der Waals surface area contributed by atoms with Crippen molar-refractivity contribution in [2.75, 3.05) is 6.61 Å². The van der Waals surface area contributed by atoms with Gasteiger partial charge in [0, 0.05) is 0 Å². The summed E-state index contributed by atoms with van der Waals surface area (Å²) < 4.78 is 0. The lowest BCUT2D eigenvalue weighted by Gasteiger charge is -2.36. The van der Waals surface area contributed by atoms with Gasteiger partial charge in [0.25, 0.3) is 0 Å². The van der Waals surface area contributed by atoms with Gasteiger partial charge in [0.15, 0.2) is 0 Å². The number of rotatable bonds is 1. The average molecular weight is 193 g/mol. The highest BCUT2D eigenvalue weighted by atomic mass is 32.1. The Kier molecular flexibility index (Phi) is 2.97. The lowest BCUT2D eigenvalue weighted by molar-refractivity contribution is -0.0667. The number of aliphatic hydroxyl groups excluding tert-OH is 4. The molecule has 0 saturated carbocycles. The van der Waals surface area contributed by atoms with Crippen LogP contribution in [0.15, 0.2) is 0 Å². The maximum Gasteiger partial charge on any atom is 0.132 e. The molecule has 0 amide bonds. The minimum absolute atomic E-state index is 0.0480. The van der Waals surface area contributed by atoms with Crippen LogP contribution in [-0.2, 0) is 0 Å². The summed E-state index contributed by atoms with van der Waals surface area (Å²) in [5.74, 6) is 0. The first kappa shape index (κ1) is 9.82. The molecule has 1 aliphatic rings. The molecule has 0 aromatic heterocycles. The fourth-order valence-corrected chi connectivity index (χ4v) is 1.38. The number of hydrogen-bond donors (Lipinski definition) is 5. The van der Waals surface area contributed by atoms with Crippen LogP contribution in [0.3, 0.4) is 0 Å². The maximum absolute atomic E-state index is 9.23. The van der Waals surface area contributed by atoms with Gasteiger partial charge < -0.3 is 25.7 Å². The van der Waals surface area contributed by atoms with E-state index in [9.17, 15) is 10.2 Å². The van der Waals surface area contributed by atoms with E-state index in [-0.39, 0.29) is 11.6 Å². The molecule has 1 aliphatic heterocycles. The molecule has 1 heterocycles. The first-order valence-corrected chi connectivity index (χ1v) is 3.94. The van der Waals surface area contributed by atoms with E-state index in [0.29, 0.717) is 0 Å². The molecule has 0 aromatic carbocycles. The van der Waals surface area contributed by atoms with Crippen LogP contribution in [0.5, 0.6) is 0 Å². The van der Waals surface area contributed by atoms with Crippen molar-refractivity contribution in [3.8, 4) is 0 Å². The number of piperidine rings is 1. The zero-order valence-electron chi connectivity index (χ0n) is 6.21. The first-order chi connectivity index (χ1) is 5.57. The molecule has 1 unspecified atom stereocenters. The number of aliphatic hydroxyl groups is 4. The van der Waals surface area contributed by atoms with E-state index in [1.165, 1.54) is 0 Å². The molecular weight excluding hydrogens is 182 g/mol. The Bertz CT molecular complexity index is 186. The molecule has 0 spiro atoms. The highest BCUT2D eigenvalue weighted by molar-refractivity contribution is 7.80. The largest absolute Gasteiger partial charge is 0.394 e. The normalized spacial score (nSPS) is 42.5. The first-order valence-electron chi connectivity index (χ1n) is 3.53. The van der Waals surface area contributed by atoms with Gasteiger partial charge in [-0.1, -0.05) is 12.2 Å². The summed E-state index contributed by atoms with van der Waals surface area (Å²) in [4.78, 5) is 0.0480. The van der Waals surface area contributed by atoms with Gasteiger partial charge in [-0.2, -0.15) is 0 Å². The number of hydrogen-bond acceptors (Lipinski definition) is 5. The molecule has 12 heavy (non-hydrogen) atoms. The minimum Gasteiger partial charge on any atom is -0.394 e. The monoisotopic (exact) mass is 193 g/mol. The molecule has 5 N–H and O–H groups in total. The van der Waals surface area contributed by atoms with Gasteiger partial charge in [0.2, 0.25) is 0 Å². The predicted octanol–water partition coefficient (Wildman–Crippen LogP) is -2.64. The molecule has 70 valence electrons. The maximum atomic E-state index is 9.23. The molecule has 1 fully saturated rings. The van der Waals surface area contributed by atoms with Crippen LogP contribution >= 0.6 is 12.2 Å². The fraction of sp³-hybridized carbons (Fsp3) is 0.833. The van der Waals surface area contributed by atoms with E-state index in [1.54, 1.807) is 0 Å². The van der Waals surface area contributed by atoms with Crippen LogP contribution in [-0.4, -0.2) is 56.4 Å². The third kappa shape index (κ3) is 1.57. The van der Waals surface area contributed by atoms with Gasteiger partial charge in [0.1, 0.15) is 23.3 Å². The van der Waals surface area contributed by atoms with Gasteiger partial charge in [-0.15, -0.1) is 0 Å². The highest BCUT2D eigenvalue weighted by Gasteiger charge is 2.38. The second kappa shape index (κ2) is 3.63. The van der Waals surface area contributed by atoms with Crippen molar-refractivity contribution in [3.05, 3.63) is 0 Å². The van der Waals surface area contributed by atoms with Crippen LogP contribution in [0.4, 0.5) is 0 Å². The lowest BCUT2D eigenvalue weighted by atomic mass is 9.97. The van der Waals surface area contributed by atoms with Crippen LogP contribution < -0.4 is 5.32 Å². The van der Waals surface area contributed by atoms with Crippen molar-refractivity contribution in [3.63, 3.8) is 0 Å². The van der Waals surface area contributed by atoms with Gasteiger partial charge in [0.05, 0.1) is 12.6 Å². The van der Waals surface area contributed by atoms with Crippen molar-refractivity contribution in [2.45, 2.75) is 24.4 Å². The Morgan fingerprint density at radius 1 is 1.25 bits per heavy atom. The highest BCUT2D eigenvalue weighted by Crippen LogP contribution is 2.11. The third-order valence-electron chi connectivity index (χ3n) is 1.88. The smallest absolute Gasteiger partial charge is 0.132 e. The van der Waals surface area contributed by atoms with Crippen molar-refractivity contribution in [1.29, 1.82) is 0 Å². The zero-order valence-corrected chi connectivity index (χ0v) is 7.03. The standard InChI is InChI=1S/C6H11NO4S/c8-1-2-3(9)4(10)5(11)6(12)7-2/h2-5,8-11H,1H2,(H,7,12)/t2?,3-,4+,5-/m1/s1. The molecule has 5 nitrogen and oxygen atoms in total. The van der Waals surface area contributed by atoms with E-state index in [4.69, 9.17) is 10.2 Å². The van der Waals surface area contributed by atoms with Crippen molar-refractivity contribution in [2.24, 2.45) is 0 Å². The van der Waals surface area contributed by atoms with Crippen molar-refractivity contribution < 1.29 is 20.4 Å². The van der Waals surface area contributed by atoms with Crippen LogP contribution in [0, 0.1) is 0 Å². The number of nitrogens with one attached hydrogen (secondary N) is 1. The van der Waals surface area contributed by atoms with E-state index >= 15 is 0 Å². The van der Waals surface area contributed by atoms with E-state index in [0.717, 1.165) is 0 Å². The van der Waals surface area contributed by atoms with Gasteiger partial charge in [-0.25, -0.2) is 0 Å². The number of thiocarbonyl (C=S) groups is 1. The Morgan fingerprint density at radius 2 is 1.83 bits per heavy atom. The van der Waals surface area contributed by atoms with Gasteiger partial charge in [-0.3, -0.25) is 0 Å². The average Bonchev–Trinajstić information content (AvgIpc) is 2.08. The summed E-state index contributed by atoms with van der Waals surface area (Å²) in [5.41, 5.74) is 0. The van der Waals surface area contributed by atoms with Crippen LogP contribution in [0.1, 0.15) is 0 Å². The quantitative estimate of drug-likeness (QED) is 0.292. The minimum atomic E-state index is -1.32. The third-order valence-corrected chi connectivity index (χ3v) is 2.24. The zero-order chi connectivity index (χ0) is 9.30. The van der Waals surface area contributed by atoms with Crippen LogP contribution in [0.25, 0.3) is 0 Å². The molecule has 4 atom stereocenters. The van der Waals surface area contributed by atoms with Gasteiger partial charge in [-0.05, 0) is 0 Å². The summed E-state index contributed by atoms with van der Waals surface area (Å²) in [5, 5.41) is 38.8. The molecule has 1 rings (SSSR count). The predicted molar refractivity (Wildman–Crippen MR) is 44.6 cm³/mol. The molecule has 1 saturated heterocycles. The molecule has 0 bridgehead atoms. The lowest BCUT2D eigenvalue weighted by Crippen LogP contribution is -2.63. The molecule has 0 radical (unpaired) electrons. The topological polar surface area (TPSA) is 93.0 Å². The molecule has 0 aromatic rings. The van der Waals surface area contributed by atoms with E-state index in [2.05, 4.69) is 17.5 Å². The van der Waals surface area contributed by atoms with E-state index < -0.39 is 24.4 Å². The Morgan fingerprint density at radius 3 is 2.33 bits per heavy atom. The Labute approximate surface area is 74.6 Å². The van der Waals surface area contributed by atoms with E-state index in [1.807, 2.05) is 0 Å². The summed E-state index contributed by atoms with van der Waals surface area (Å²) in [6.45, 7) is -0.342. The SMILES string of the molecule is OCC1NC(=S)[C@H](O)[C@@H](O)[C@@H]1O.